The van der Waals surface area contributed by atoms with Gasteiger partial charge in [-0.25, -0.2) is 5.01 Å². The van der Waals surface area contributed by atoms with Crippen molar-refractivity contribution in [2.24, 2.45) is 0 Å². The number of hydrogen-bond acceptors (Lipinski definition) is 4. The van der Waals surface area contributed by atoms with Crippen LogP contribution in [-0.4, -0.2) is 30.6 Å². The summed E-state index contributed by atoms with van der Waals surface area (Å²) in [4.78, 5) is 12.3. The number of nitrogens with two attached hydrogens (primary N) is 1. The van der Waals surface area contributed by atoms with Crippen LogP contribution in [0.5, 0.6) is 5.75 Å². The van der Waals surface area contributed by atoms with Gasteiger partial charge in [-0.05, 0) is 31.9 Å². The number of anilines is 1. The monoisotopic (exact) mass is 263 g/mol. The maximum atomic E-state index is 12.3. The second-order valence-electron chi connectivity index (χ2n) is 4.65. The highest BCUT2D eigenvalue weighted by Gasteiger charge is 2.18. The first-order valence-electron chi connectivity index (χ1n) is 6.79. The standard InChI is InChI=1S/C14H21N3O2/c1-2-19-13-11(7-6-8-12(13)15)14(18)16-17-9-4-3-5-10-17/h6-8H,2-5,9-10,15H2,1H3,(H,16,18). The number of nitrogens with one attached hydrogen (secondary N) is 1. The molecule has 0 spiro atoms. The van der Waals surface area contributed by atoms with E-state index in [0.29, 0.717) is 23.6 Å². The van der Waals surface area contributed by atoms with Crippen molar-refractivity contribution < 1.29 is 9.53 Å². The Morgan fingerprint density at radius 3 is 2.79 bits per heavy atom. The van der Waals surface area contributed by atoms with E-state index in [1.165, 1.54) is 6.42 Å². The molecule has 0 aliphatic carbocycles. The molecule has 0 unspecified atom stereocenters. The van der Waals surface area contributed by atoms with Crippen LogP contribution in [0.2, 0.25) is 0 Å². The van der Waals surface area contributed by atoms with Crippen molar-refractivity contribution >= 4 is 11.6 Å². The molecule has 1 heterocycles. The van der Waals surface area contributed by atoms with E-state index in [9.17, 15) is 4.79 Å². The highest BCUT2D eigenvalue weighted by atomic mass is 16.5. The van der Waals surface area contributed by atoms with Gasteiger partial charge in [0, 0.05) is 13.1 Å². The van der Waals surface area contributed by atoms with Crippen LogP contribution in [0.25, 0.3) is 0 Å². The largest absolute Gasteiger partial charge is 0.491 e. The number of amides is 1. The molecule has 5 heteroatoms. The summed E-state index contributed by atoms with van der Waals surface area (Å²) in [6, 6.07) is 5.24. The summed E-state index contributed by atoms with van der Waals surface area (Å²) in [6.07, 6.45) is 3.47. The summed E-state index contributed by atoms with van der Waals surface area (Å²) < 4.78 is 5.47. The summed E-state index contributed by atoms with van der Waals surface area (Å²) >= 11 is 0. The molecule has 1 fully saturated rings. The molecule has 3 N–H and O–H groups in total. The predicted octanol–water partition coefficient (Wildman–Crippen LogP) is 1.80. The van der Waals surface area contributed by atoms with Crippen molar-refractivity contribution in [1.29, 1.82) is 0 Å². The number of nitrogen functional groups attached to an aromatic ring is 1. The van der Waals surface area contributed by atoms with Gasteiger partial charge in [-0.15, -0.1) is 0 Å². The third kappa shape index (κ3) is 3.38. The lowest BCUT2D eigenvalue weighted by Gasteiger charge is -2.27. The summed E-state index contributed by atoms with van der Waals surface area (Å²) in [6.45, 7) is 4.16. The van der Waals surface area contributed by atoms with Gasteiger partial charge in [0.05, 0.1) is 17.9 Å². The van der Waals surface area contributed by atoms with Crippen LogP contribution >= 0.6 is 0 Å². The molecule has 1 aliphatic heterocycles. The van der Waals surface area contributed by atoms with Gasteiger partial charge >= 0.3 is 0 Å². The predicted molar refractivity (Wildman–Crippen MR) is 74.9 cm³/mol. The Hall–Kier alpha value is -1.75. The highest BCUT2D eigenvalue weighted by Crippen LogP contribution is 2.26. The van der Waals surface area contributed by atoms with Crippen LogP contribution in [0.4, 0.5) is 5.69 Å². The Balaban J connectivity index is 2.11. The molecule has 1 aliphatic rings. The van der Waals surface area contributed by atoms with Crippen molar-refractivity contribution in [2.75, 3.05) is 25.4 Å². The van der Waals surface area contributed by atoms with Gasteiger partial charge in [-0.2, -0.15) is 0 Å². The van der Waals surface area contributed by atoms with Crippen molar-refractivity contribution in [1.82, 2.24) is 10.4 Å². The molecule has 1 aromatic carbocycles. The molecule has 0 atom stereocenters. The van der Waals surface area contributed by atoms with Gasteiger partial charge in [-0.3, -0.25) is 10.2 Å². The molecule has 5 nitrogen and oxygen atoms in total. The molecule has 2 rings (SSSR count). The van der Waals surface area contributed by atoms with Crippen molar-refractivity contribution in [2.45, 2.75) is 26.2 Å². The number of benzene rings is 1. The zero-order valence-electron chi connectivity index (χ0n) is 11.3. The SMILES string of the molecule is CCOc1c(N)cccc1C(=O)NN1CCCCC1. The van der Waals surface area contributed by atoms with Gasteiger partial charge in [-0.1, -0.05) is 12.5 Å². The van der Waals surface area contributed by atoms with E-state index in [1.54, 1.807) is 18.2 Å². The van der Waals surface area contributed by atoms with E-state index in [4.69, 9.17) is 10.5 Å². The minimum absolute atomic E-state index is 0.155. The molecule has 1 aromatic rings. The lowest BCUT2D eigenvalue weighted by Crippen LogP contribution is -2.45. The number of carbonyl (C=O) groups excluding carboxylic acids is 1. The number of hydrazine groups is 1. The molecule has 19 heavy (non-hydrogen) atoms. The fourth-order valence-corrected chi connectivity index (χ4v) is 2.25. The van der Waals surface area contributed by atoms with E-state index >= 15 is 0 Å². The van der Waals surface area contributed by atoms with Gasteiger partial charge in [0.15, 0.2) is 5.75 Å². The zero-order valence-corrected chi connectivity index (χ0v) is 11.3. The molecular formula is C14H21N3O2. The Bertz CT molecular complexity index is 442. The fraction of sp³-hybridized carbons (Fsp3) is 0.500. The number of hydrogen-bond donors (Lipinski definition) is 2. The second-order valence-corrected chi connectivity index (χ2v) is 4.65. The average Bonchev–Trinajstić information content (AvgIpc) is 2.42. The van der Waals surface area contributed by atoms with E-state index in [0.717, 1.165) is 25.9 Å². The number of nitrogens with zero attached hydrogens (tertiary/aromatic N) is 1. The molecule has 0 radical (unpaired) electrons. The van der Waals surface area contributed by atoms with Crippen LogP contribution in [-0.2, 0) is 0 Å². The van der Waals surface area contributed by atoms with Crippen LogP contribution in [0.3, 0.4) is 0 Å². The minimum atomic E-state index is -0.155. The van der Waals surface area contributed by atoms with Gasteiger partial charge < -0.3 is 10.5 Å². The van der Waals surface area contributed by atoms with Crippen LogP contribution in [0, 0.1) is 0 Å². The first-order chi connectivity index (χ1) is 9.22. The van der Waals surface area contributed by atoms with E-state index in [2.05, 4.69) is 5.43 Å². The first-order valence-corrected chi connectivity index (χ1v) is 6.79. The van der Waals surface area contributed by atoms with Gasteiger partial charge in [0.25, 0.3) is 5.91 Å². The van der Waals surface area contributed by atoms with E-state index < -0.39 is 0 Å². The number of rotatable bonds is 4. The van der Waals surface area contributed by atoms with Crippen molar-refractivity contribution in [3.63, 3.8) is 0 Å². The van der Waals surface area contributed by atoms with Crippen LogP contribution in [0.1, 0.15) is 36.5 Å². The van der Waals surface area contributed by atoms with Gasteiger partial charge in [0.1, 0.15) is 0 Å². The molecule has 1 saturated heterocycles. The quantitative estimate of drug-likeness (QED) is 0.813. The Morgan fingerprint density at radius 2 is 2.11 bits per heavy atom. The summed E-state index contributed by atoms with van der Waals surface area (Å²) in [5, 5.41) is 1.96. The molecule has 1 amide bonds. The van der Waals surface area contributed by atoms with E-state index in [1.807, 2.05) is 11.9 Å². The summed E-state index contributed by atoms with van der Waals surface area (Å²) in [5.41, 5.74) is 9.77. The average molecular weight is 263 g/mol. The van der Waals surface area contributed by atoms with E-state index in [-0.39, 0.29) is 5.91 Å². The lowest BCUT2D eigenvalue weighted by atomic mass is 10.1. The molecular weight excluding hydrogens is 242 g/mol. The summed E-state index contributed by atoms with van der Waals surface area (Å²) in [7, 11) is 0. The molecule has 0 bridgehead atoms. The van der Waals surface area contributed by atoms with Crippen LogP contribution in [0.15, 0.2) is 18.2 Å². The first kappa shape index (κ1) is 13.7. The number of para-hydroxylation sites is 1. The molecule has 0 saturated carbocycles. The minimum Gasteiger partial charge on any atom is -0.491 e. The van der Waals surface area contributed by atoms with Crippen LogP contribution < -0.4 is 15.9 Å². The normalized spacial score (nSPS) is 16.1. The Labute approximate surface area is 113 Å². The number of piperidine rings is 1. The van der Waals surface area contributed by atoms with Crippen molar-refractivity contribution in [3.05, 3.63) is 23.8 Å². The Kier molecular flexibility index (Phi) is 4.63. The number of carbonyl (C=O) groups is 1. The second kappa shape index (κ2) is 6.43. The smallest absolute Gasteiger partial charge is 0.269 e. The summed E-state index contributed by atoms with van der Waals surface area (Å²) in [5.74, 6) is 0.317. The molecule has 104 valence electrons. The molecule has 0 aromatic heterocycles. The third-order valence-electron chi connectivity index (χ3n) is 3.19. The fourth-order valence-electron chi connectivity index (χ4n) is 2.25. The lowest BCUT2D eigenvalue weighted by molar-refractivity contribution is 0.0746. The van der Waals surface area contributed by atoms with Gasteiger partial charge in [0.2, 0.25) is 0 Å². The highest BCUT2D eigenvalue weighted by molar-refractivity contribution is 5.98. The number of ether oxygens (including phenoxy) is 1. The topological polar surface area (TPSA) is 67.6 Å². The zero-order chi connectivity index (χ0) is 13.7. The maximum Gasteiger partial charge on any atom is 0.269 e. The maximum absolute atomic E-state index is 12.3. The Morgan fingerprint density at radius 1 is 1.37 bits per heavy atom. The third-order valence-corrected chi connectivity index (χ3v) is 3.19. The van der Waals surface area contributed by atoms with Crippen molar-refractivity contribution in [3.8, 4) is 5.75 Å².